The SMILES string of the molecule is O=C(COC(=O)c1cc(Br)c(Br)s1)N[C@@H]1CCCc2ccccc21. The fourth-order valence-corrected chi connectivity index (χ4v) is 4.72. The number of hydrogen-bond donors (Lipinski definition) is 1. The first kappa shape index (κ1) is 17.6. The average Bonchev–Trinajstić information content (AvgIpc) is 2.92. The summed E-state index contributed by atoms with van der Waals surface area (Å²) in [6.07, 6.45) is 2.99. The van der Waals surface area contributed by atoms with Gasteiger partial charge in [-0.05, 0) is 68.3 Å². The lowest BCUT2D eigenvalue weighted by Gasteiger charge is -2.26. The van der Waals surface area contributed by atoms with Gasteiger partial charge in [0.1, 0.15) is 4.88 Å². The molecule has 1 aliphatic carbocycles. The van der Waals surface area contributed by atoms with Crippen LogP contribution in [0.15, 0.2) is 38.6 Å². The molecular formula is C17H15Br2NO3S. The van der Waals surface area contributed by atoms with E-state index in [1.165, 1.54) is 16.9 Å². The quantitative estimate of drug-likeness (QED) is 0.660. The smallest absolute Gasteiger partial charge is 0.348 e. The minimum atomic E-state index is -0.495. The highest BCUT2D eigenvalue weighted by Crippen LogP contribution is 2.33. The van der Waals surface area contributed by atoms with E-state index < -0.39 is 5.97 Å². The van der Waals surface area contributed by atoms with Crippen LogP contribution in [0.3, 0.4) is 0 Å². The Morgan fingerprint density at radius 1 is 1.29 bits per heavy atom. The molecule has 0 bridgehead atoms. The van der Waals surface area contributed by atoms with E-state index in [1.54, 1.807) is 6.07 Å². The molecule has 2 aromatic rings. The second-order valence-corrected chi connectivity index (χ2v) is 8.74. The van der Waals surface area contributed by atoms with Gasteiger partial charge in [0.15, 0.2) is 6.61 Å². The van der Waals surface area contributed by atoms with Gasteiger partial charge in [-0.15, -0.1) is 11.3 Å². The van der Waals surface area contributed by atoms with Crippen molar-refractivity contribution in [2.45, 2.75) is 25.3 Å². The molecule has 126 valence electrons. The number of hydrogen-bond acceptors (Lipinski definition) is 4. The van der Waals surface area contributed by atoms with E-state index in [0.29, 0.717) is 4.88 Å². The van der Waals surface area contributed by atoms with Gasteiger partial charge in [0.05, 0.1) is 9.83 Å². The zero-order valence-electron chi connectivity index (χ0n) is 12.7. The maximum Gasteiger partial charge on any atom is 0.348 e. The number of aryl methyl sites for hydroxylation is 1. The molecule has 4 nitrogen and oxygen atoms in total. The number of ether oxygens (including phenoxy) is 1. The van der Waals surface area contributed by atoms with Gasteiger partial charge in [-0.2, -0.15) is 0 Å². The first-order valence-electron chi connectivity index (χ1n) is 7.53. The van der Waals surface area contributed by atoms with Gasteiger partial charge in [0, 0.05) is 4.47 Å². The number of fused-ring (bicyclic) bond motifs is 1. The number of rotatable bonds is 4. The maximum absolute atomic E-state index is 12.1. The summed E-state index contributed by atoms with van der Waals surface area (Å²) in [5, 5.41) is 2.97. The Morgan fingerprint density at radius 3 is 2.83 bits per heavy atom. The van der Waals surface area contributed by atoms with Crippen molar-refractivity contribution in [3.8, 4) is 0 Å². The number of esters is 1. The van der Waals surface area contributed by atoms with Gasteiger partial charge >= 0.3 is 5.97 Å². The highest BCUT2D eigenvalue weighted by Gasteiger charge is 2.22. The Bertz CT molecular complexity index is 755. The molecule has 7 heteroatoms. The fraction of sp³-hybridized carbons (Fsp3) is 0.294. The summed E-state index contributed by atoms with van der Waals surface area (Å²) in [6.45, 7) is -0.273. The van der Waals surface area contributed by atoms with Crippen molar-refractivity contribution in [2.75, 3.05) is 6.61 Å². The van der Waals surface area contributed by atoms with Crippen molar-refractivity contribution >= 4 is 55.1 Å². The lowest BCUT2D eigenvalue weighted by molar-refractivity contribution is -0.125. The Balaban J connectivity index is 1.56. The van der Waals surface area contributed by atoms with Crippen molar-refractivity contribution in [1.29, 1.82) is 0 Å². The molecule has 0 aliphatic heterocycles. The summed E-state index contributed by atoms with van der Waals surface area (Å²) in [5.41, 5.74) is 2.44. The summed E-state index contributed by atoms with van der Waals surface area (Å²) in [7, 11) is 0. The van der Waals surface area contributed by atoms with E-state index in [4.69, 9.17) is 4.74 Å². The molecule has 0 unspecified atom stereocenters. The van der Waals surface area contributed by atoms with Gasteiger partial charge in [-0.1, -0.05) is 24.3 Å². The summed E-state index contributed by atoms with van der Waals surface area (Å²) in [4.78, 5) is 24.5. The Hall–Kier alpha value is -1.18. The van der Waals surface area contributed by atoms with Crippen molar-refractivity contribution in [2.24, 2.45) is 0 Å². The van der Waals surface area contributed by atoms with Gasteiger partial charge < -0.3 is 10.1 Å². The zero-order chi connectivity index (χ0) is 17.1. The first-order valence-corrected chi connectivity index (χ1v) is 9.94. The van der Waals surface area contributed by atoms with Crippen molar-refractivity contribution in [1.82, 2.24) is 5.32 Å². The van der Waals surface area contributed by atoms with Crippen LogP contribution in [0.2, 0.25) is 0 Å². The minimum Gasteiger partial charge on any atom is -0.451 e. The lowest BCUT2D eigenvalue weighted by Crippen LogP contribution is -2.34. The third-order valence-corrected chi connectivity index (χ3v) is 7.12. The zero-order valence-corrected chi connectivity index (χ0v) is 16.7. The molecule has 1 aliphatic rings. The Labute approximate surface area is 160 Å². The van der Waals surface area contributed by atoms with Crippen LogP contribution in [0.5, 0.6) is 0 Å². The van der Waals surface area contributed by atoms with Crippen LogP contribution < -0.4 is 5.32 Å². The molecule has 1 amide bonds. The average molecular weight is 473 g/mol. The fourth-order valence-electron chi connectivity index (χ4n) is 2.79. The monoisotopic (exact) mass is 471 g/mol. The molecule has 3 rings (SSSR count). The number of amides is 1. The molecule has 0 fully saturated rings. The third kappa shape index (κ3) is 4.07. The van der Waals surface area contributed by atoms with E-state index in [2.05, 4.69) is 43.2 Å². The molecular weight excluding hydrogens is 458 g/mol. The van der Waals surface area contributed by atoms with Gasteiger partial charge in [0.25, 0.3) is 5.91 Å². The van der Waals surface area contributed by atoms with Crippen LogP contribution in [0, 0.1) is 0 Å². The number of nitrogens with one attached hydrogen (secondary N) is 1. The Kier molecular flexibility index (Phi) is 5.73. The van der Waals surface area contributed by atoms with E-state index in [1.807, 2.05) is 18.2 Å². The predicted octanol–water partition coefficient (Wildman–Crippen LogP) is 4.62. The molecule has 1 heterocycles. The van der Waals surface area contributed by atoms with Crippen LogP contribution in [0.1, 0.15) is 39.7 Å². The third-order valence-electron chi connectivity index (χ3n) is 3.89. The molecule has 1 aromatic heterocycles. The van der Waals surface area contributed by atoms with E-state index in [-0.39, 0.29) is 18.6 Å². The molecule has 0 saturated carbocycles. The van der Waals surface area contributed by atoms with Gasteiger partial charge in [0.2, 0.25) is 0 Å². The first-order chi connectivity index (χ1) is 11.5. The summed E-state index contributed by atoms with van der Waals surface area (Å²) in [5.74, 6) is -0.773. The molecule has 1 atom stereocenters. The minimum absolute atomic E-state index is 0.00817. The van der Waals surface area contributed by atoms with Gasteiger partial charge in [-0.3, -0.25) is 4.79 Å². The standard InChI is InChI=1S/C17H15Br2NO3S/c18-12-8-14(24-16(12)19)17(22)23-9-15(21)20-13-7-3-5-10-4-1-2-6-11(10)13/h1-2,4,6,8,13H,3,5,7,9H2,(H,20,21)/t13-/m1/s1. The van der Waals surface area contributed by atoms with E-state index >= 15 is 0 Å². The molecule has 0 radical (unpaired) electrons. The molecule has 0 saturated heterocycles. The molecule has 0 spiro atoms. The predicted molar refractivity (Wildman–Crippen MR) is 100 cm³/mol. The second kappa shape index (κ2) is 7.80. The topological polar surface area (TPSA) is 55.4 Å². The lowest BCUT2D eigenvalue weighted by atomic mass is 9.88. The maximum atomic E-state index is 12.1. The summed E-state index contributed by atoms with van der Waals surface area (Å²) >= 11 is 7.92. The summed E-state index contributed by atoms with van der Waals surface area (Å²) in [6, 6.07) is 9.81. The molecule has 1 aromatic carbocycles. The van der Waals surface area contributed by atoms with Crippen LogP contribution in [-0.2, 0) is 16.0 Å². The molecule has 24 heavy (non-hydrogen) atoms. The van der Waals surface area contributed by atoms with Crippen LogP contribution in [0.25, 0.3) is 0 Å². The number of benzene rings is 1. The number of thiophene rings is 1. The van der Waals surface area contributed by atoms with Gasteiger partial charge in [-0.25, -0.2) is 4.79 Å². The highest BCUT2D eigenvalue weighted by atomic mass is 79.9. The normalized spacial score (nSPS) is 16.3. The van der Waals surface area contributed by atoms with Crippen molar-refractivity contribution in [3.63, 3.8) is 0 Å². The second-order valence-electron chi connectivity index (χ2n) is 5.52. The Morgan fingerprint density at radius 2 is 2.08 bits per heavy atom. The number of carbonyl (C=O) groups excluding carboxylic acids is 2. The number of halogens is 2. The number of carbonyl (C=O) groups is 2. The van der Waals surface area contributed by atoms with E-state index in [0.717, 1.165) is 33.1 Å². The van der Waals surface area contributed by atoms with Crippen LogP contribution in [-0.4, -0.2) is 18.5 Å². The van der Waals surface area contributed by atoms with Crippen LogP contribution >= 0.6 is 43.2 Å². The van der Waals surface area contributed by atoms with Crippen LogP contribution in [0.4, 0.5) is 0 Å². The van der Waals surface area contributed by atoms with Crippen molar-refractivity contribution < 1.29 is 14.3 Å². The molecule has 1 N–H and O–H groups in total. The highest BCUT2D eigenvalue weighted by molar-refractivity contribution is 9.13. The summed E-state index contributed by atoms with van der Waals surface area (Å²) < 4.78 is 6.72. The van der Waals surface area contributed by atoms with E-state index in [9.17, 15) is 9.59 Å². The van der Waals surface area contributed by atoms with Crippen molar-refractivity contribution in [3.05, 3.63) is 54.6 Å². The largest absolute Gasteiger partial charge is 0.451 e.